The summed E-state index contributed by atoms with van der Waals surface area (Å²) in [6, 6.07) is 1.91. The fourth-order valence-electron chi connectivity index (χ4n) is 1.35. The van der Waals surface area contributed by atoms with E-state index < -0.39 is 0 Å². The summed E-state index contributed by atoms with van der Waals surface area (Å²) in [6.07, 6.45) is 1.65. The maximum Gasteiger partial charge on any atom is 0.224 e. The number of furan rings is 1. The van der Waals surface area contributed by atoms with Crippen LogP contribution in [0.2, 0.25) is 0 Å². The van der Waals surface area contributed by atoms with Crippen LogP contribution < -0.4 is 5.32 Å². The second-order valence-electron chi connectivity index (χ2n) is 3.09. The van der Waals surface area contributed by atoms with E-state index in [2.05, 4.69) is 15.5 Å². The highest BCUT2D eigenvalue weighted by Crippen LogP contribution is 2.23. The van der Waals surface area contributed by atoms with Gasteiger partial charge in [0.1, 0.15) is 0 Å². The van der Waals surface area contributed by atoms with E-state index in [-0.39, 0.29) is 0 Å². The molecule has 5 nitrogen and oxygen atoms in total. The van der Waals surface area contributed by atoms with Crippen LogP contribution in [0.4, 0.5) is 5.95 Å². The van der Waals surface area contributed by atoms with Crippen LogP contribution in [0.15, 0.2) is 16.7 Å². The van der Waals surface area contributed by atoms with Crippen molar-refractivity contribution in [2.75, 3.05) is 12.4 Å². The molecular formula is C9H12N4O. The molecule has 2 heterocycles. The Balaban J connectivity index is 2.52. The van der Waals surface area contributed by atoms with Crippen molar-refractivity contribution in [2.45, 2.75) is 6.92 Å². The highest BCUT2D eigenvalue weighted by molar-refractivity contribution is 5.54. The summed E-state index contributed by atoms with van der Waals surface area (Å²) >= 11 is 0. The third kappa shape index (κ3) is 1.17. The van der Waals surface area contributed by atoms with Gasteiger partial charge in [0, 0.05) is 14.1 Å². The molecule has 0 saturated heterocycles. The molecule has 0 unspecified atom stereocenters. The van der Waals surface area contributed by atoms with Crippen LogP contribution in [-0.2, 0) is 7.05 Å². The van der Waals surface area contributed by atoms with Gasteiger partial charge in [-0.2, -0.15) is 0 Å². The van der Waals surface area contributed by atoms with E-state index in [1.54, 1.807) is 6.26 Å². The molecule has 0 aliphatic carbocycles. The van der Waals surface area contributed by atoms with Crippen LogP contribution in [0, 0.1) is 6.92 Å². The highest BCUT2D eigenvalue weighted by atomic mass is 16.3. The van der Waals surface area contributed by atoms with Crippen molar-refractivity contribution < 1.29 is 4.42 Å². The van der Waals surface area contributed by atoms with Gasteiger partial charge in [-0.05, 0) is 18.6 Å². The summed E-state index contributed by atoms with van der Waals surface area (Å²) in [5.41, 5.74) is 1.06. The topological polar surface area (TPSA) is 55.9 Å². The third-order valence-corrected chi connectivity index (χ3v) is 2.16. The van der Waals surface area contributed by atoms with Crippen molar-refractivity contribution >= 4 is 5.95 Å². The first-order valence-corrected chi connectivity index (χ1v) is 4.35. The monoisotopic (exact) mass is 192 g/mol. The average Bonchev–Trinajstić information content (AvgIpc) is 2.72. The molecular weight excluding hydrogens is 180 g/mol. The highest BCUT2D eigenvalue weighted by Gasteiger charge is 2.14. The molecule has 0 amide bonds. The molecule has 0 aromatic carbocycles. The Morgan fingerprint density at radius 2 is 2.21 bits per heavy atom. The van der Waals surface area contributed by atoms with Gasteiger partial charge in [0.15, 0.2) is 5.76 Å². The standard InChI is InChI=1S/C9H12N4O/c1-6-4-5-14-7(6)8-11-12-9(10-2)13(8)3/h4-5H,1-3H3,(H,10,12). The lowest BCUT2D eigenvalue weighted by atomic mass is 10.3. The van der Waals surface area contributed by atoms with Crippen LogP contribution in [0.25, 0.3) is 11.6 Å². The summed E-state index contributed by atoms with van der Waals surface area (Å²) in [7, 11) is 3.70. The number of nitrogens with zero attached hydrogens (tertiary/aromatic N) is 3. The minimum atomic E-state index is 0.718. The fourth-order valence-corrected chi connectivity index (χ4v) is 1.35. The quantitative estimate of drug-likeness (QED) is 0.781. The predicted octanol–water partition coefficient (Wildman–Crippen LogP) is 1.43. The second kappa shape index (κ2) is 3.17. The molecule has 2 aromatic heterocycles. The minimum absolute atomic E-state index is 0.718. The number of nitrogens with one attached hydrogen (secondary N) is 1. The first-order chi connectivity index (χ1) is 6.74. The van der Waals surface area contributed by atoms with Crippen LogP contribution in [0.3, 0.4) is 0 Å². The molecule has 5 heteroatoms. The van der Waals surface area contributed by atoms with Crippen molar-refractivity contribution in [3.63, 3.8) is 0 Å². The molecule has 14 heavy (non-hydrogen) atoms. The number of anilines is 1. The van der Waals surface area contributed by atoms with Crippen molar-refractivity contribution in [3.8, 4) is 11.6 Å². The first kappa shape index (κ1) is 8.80. The molecule has 0 fully saturated rings. The summed E-state index contributed by atoms with van der Waals surface area (Å²) in [5.74, 6) is 2.22. The lowest BCUT2D eigenvalue weighted by Crippen LogP contribution is -1.99. The third-order valence-electron chi connectivity index (χ3n) is 2.16. The maximum atomic E-state index is 5.34. The number of aromatic nitrogens is 3. The van der Waals surface area contributed by atoms with Crippen LogP contribution in [0.5, 0.6) is 0 Å². The summed E-state index contributed by atoms with van der Waals surface area (Å²) in [5, 5.41) is 11.0. The SMILES string of the molecule is CNc1nnc(-c2occc2C)n1C. The Hall–Kier alpha value is -1.78. The second-order valence-corrected chi connectivity index (χ2v) is 3.09. The normalized spacial score (nSPS) is 10.5. The zero-order chi connectivity index (χ0) is 10.1. The van der Waals surface area contributed by atoms with E-state index in [0.717, 1.165) is 23.1 Å². The number of aryl methyl sites for hydroxylation is 1. The Bertz CT molecular complexity index is 443. The lowest BCUT2D eigenvalue weighted by molar-refractivity contribution is 0.572. The number of rotatable bonds is 2. The van der Waals surface area contributed by atoms with Crippen molar-refractivity contribution in [3.05, 3.63) is 17.9 Å². The molecule has 1 N–H and O–H groups in total. The average molecular weight is 192 g/mol. The first-order valence-electron chi connectivity index (χ1n) is 4.35. The van der Waals surface area contributed by atoms with Crippen molar-refractivity contribution in [1.29, 1.82) is 0 Å². The molecule has 74 valence electrons. The van der Waals surface area contributed by atoms with E-state index in [1.807, 2.05) is 31.7 Å². The molecule has 2 aromatic rings. The maximum absolute atomic E-state index is 5.34. The minimum Gasteiger partial charge on any atom is -0.461 e. The predicted molar refractivity (Wildman–Crippen MR) is 53.0 cm³/mol. The number of hydrogen-bond donors (Lipinski definition) is 1. The van der Waals surface area contributed by atoms with Gasteiger partial charge in [-0.3, -0.25) is 4.57 Å². The molecule has 0 aliphatic rings. The summed E-state index contributed by atoms with van der Waals surface area (Å²) in [4.78, 5) is 0. The van der Waals surface area contributed by atoms with Crippen LogP contribution in [0.1, 0.15) is 5.56 Å². The van der Waals surface area contributed by atoms with E-state index in [9.17, 15) is 0 Å². The molecule has 0 aliphatic heterocycles. The molecule has 0 atom stereocenters. The lowest BCUT2D eigenvalue weighted by Gasteiger charge is -2.00. The smallest absolute Gasteiger partial charge is 0.224 e. The van der Waals surface area contributed by atoms with Gasteiger partial charge in [-0.15, -0.1) is 10.2 Å². The van der Waals surface area contributed by atoms with Crippen molar-refractivity contribution in [1.82, 2.24) is 14.8 Å². The zero-order valence-electron chi connectivity index (χ0n) is 8.40. The molecule has 2 rings (SSSR count). The van der Waals surface area contributed by atoms with Gasteiger partial charge in [0.2, 0.25) is 11.8 Å². The van der Waals surface area contributed by atoms with Gasteiger partial charge in [0.05, 0.1) is 6.26 Å². The van der Waals surface area contributed by atoms with Crippen molar-refractivity contribution in [2.24, 2.45) is 7.05 Å². The van der Waals surface area contributed by atoms with Gasteiger partial charge in [0.25, 0.3) is 0 Å². The van der Waals surface area contributed by atoms with Gasteiger partial charge >= 0.3 is 0 Å². The van der Waals surface area contributed by atoms with E-state index in [0.29, 0.717) is 0 Å². The molecule has 0 saturated carbocycles. The largest absolute Gasteiger partial charge is 0.461 e. The molecule has 0 bridgehead atoms. The van der Waals surface area contributed by atoms with Crippen LogP contribution in [-0.4, -0.2) is 21.8 Å². The van der Waals surface area contributed by atoms with E-state index in [1.165, 1.54) is 0 Å². The number of hydrogen-bond acceptors (Lipinski definition) is 4. The van der Waals surface area contributed by atoms with Gasteiger partial charge in [-0.25, -0.2) is 0 Å². The van der Waals surface area contributed by atoms with Crippen LogP contribution >= 0.6 is 0 Å². The summed E-state index contributed by atoms with van der Waals surface area (Å²) in [6.45, 7) is 1.98. The van der Waals surface area contributed by atoms with E-state index in [4.69, 9.17) is 4.42 Å². The Labute approximate surface area is 81.8 Å². The van der Waals surface area contributed by atoms with Gasteiger partial charge < -0.3 is 9.73 Å². The summed E-state index contributed by atoms with van der Waals surface area (Å²) < 4.78 is 7.19. The Morgan fingerprint density at radius 3 is 2.71 bits per heavy atom. The van der Waals surface area contributed by atoms with Gasteiger partial charge in [-0.1, -0.05) is 0 Å². The Kier molecular flexibility index (Phi) is 1.99. The zero-order valence-corrected chi connectivity index (χ0v) is 8.40. The fraction of sp³-hybridized carbons (Fsp3) is 0.333. The molecule has 0 spiro atoms. The molecule has 0 radical (unpaired) electrons. The Morgan fingerprint density at radius 1 is 1.43 bits per heavy atom. The van der Waals surface area contributed by atoms with E-state index >= 15 is 0 Å².